The van der Waals surface area contributed by atoms with Crippen molar-refractivity contribution < 1.29 is 4.74 Å². The molecule has 0 aliphatic heterocycles. The molecule has 154 valence electrons. The summed E-state index contributed by atoms with van der Waals surface area (Å²) in [5.74, 6) is 0. The van der Waals surface area contributed by atoms with Crippen molar-refractivity contribution in [2.45, 2.75) is 96.0 Å². The molecule has 0 aromatic heterocycles. The van der Waals surface area contributed by atoms with Crippen LogP contribution in [-0.2, 0) is 11.2 Å². The number of benzene rings is 1. The van der Waals surface area contributed by atoms with Gasteiger partial charge in [0.15, 0.2) is 0 Å². The summed E-state index contributed by atoms with van der Waals surface area (Å²) < 4.78 is 11.8. The maximum atomic E-state index is 6.68. The van der Waals surface area contributed by atoms with Crippen molar-refractivity contribution in [1.29, 1.82) is 0 Å². The summed E-state index contributed by atoms with van der Waals surface area (Å²) in [7, 11) is 0. The molecule has 0 N–H and O–H groups in total. The van der Waals surface area contributed by atoms with Crippen LogP contribution >= 0.6 is 0 Å². The zero-order valence-electron chi connectivity index (χ0n) is 18.3. The van der Waals surface area contributed by atoms with Crippen molar-refractivity contribution in [3.8, 4) is 0 Å². The molecule has 1 atom stereocenters. The summed E-state index contributed by atoms with van der Waals surface area (Å²) in [4.78, 5) is 0. The Bertz CT molecular complexity index is 449. The van der Waals surface area contributed by atoms with Gasteiger partial charge < -0.3 is 0 Å². The molecule has 0 saturated carbocycles. The van der Waals surface area contributed by atoms with Crippen LogP contribution in [0.4, 0.5) is 0 Å². The third-order valence-electron chi connectivity index (χ3n) is 5.95. The first-order chi connectivity index (χ1) is 13.2. The Morgan fingerprint density at radius 3 is 1.96 bits per heavy atom. The second-order valence-corrected chi connectivity index (χ2v) is 22.0. The van der Waals surface area contributed by atoms with E-state index in [2.05, 4.69) is 57.7 Å². The monoisotopic (exact) mass is 480 g/mol. The van der Waals surface area contributed by atoms with Gasteiger partial charge in [-0.1, -0.05) is 0 Å². The average molecular weight is 479 g/mol. The van der Waals surface area contributed by atoms with Crippen molar-refractivity contribution >= 4 is 18.4 Å². The Morgan fingerprint density at radius 1 is 0.926 bits per heavy atom. The molecule has 1 nitrogen and oxygen atoms in total. The maximum absolute atomic E-state index is 6.68. The first-order valence-electron chi connectivity index (χ1n) is 11.5. The Kier molecular flexibility index (Phi) is 14.3. The van der Waals surface area contributed by atoms with E-state index in [1.165, 1.54) is 70.2 Å². The van der Waals surface area contributed by atoms with E-state index < -0.39 is 18.4 Å². The summed E-state index contributed by atoms with van der Waals surface area (Å²) in [6.45, 7) is 11.8. The number of aryl methyl sites for hydroxylation is 1. The Hall–Kier alpha value is -0.281. The molecule has 0 heterocycles. The topological polar surface area (TPSA) is 9.23 Å². The van der Waals surface area contributed by atoms with E-state index in [-0.39, 0.29) is 0 Å². The molecule has 0 spiro atoms. The normalized spacial score (nSPS) is 12.9. The van der Waals surface area contributed by atoms with E-state index in [1.807, 2.05) is 6.08 Å². The van der Waals surface area contributed by atoms with Gasteiger partial charge in [-0.05, 0) is 0 Å². The van der Waals surface area contributed by atoms with Gasteiger partial charge in [-0.2, -0.15) is 0 Å². The molecule has 0 saturated heterocycles. The first kappa shape index (κ1) is 24.8. The molecule has 0 amide bonds. The van der Waals surface area contributed by atoms with Crippen LogP contribution in [0.2, 0.25) is 13.3 Å². The zero-order chi connectivity index (χ0) is 19.8. The molecule has 2 heteroatoms. The minimum absolute atomic E-state index is 0.573. The number of unbranched alkanes of at least 4 members (excludes halogenated alkanes) is 3. The minimum atomic E-state index is -2.37. The third-order valence-corrected chi connectivity index (χ3v) is 22.7. The van der Waals surface area contributed by atoms with Crippen LogP contribution in [0.3, 0.4) is 0 Å². The number of ether oxygens (including phenoxy) is 1. The molecule has 1 rings (SSSR count). The standard InChI is InChI=1S/C13H17O.3C4H9.Sn/c1-2-3-11-14-12-7-10-13-8-5-4-6-9-13;3*1-3-4-2;/h2,4-6,8-9,12H,1,3,7,10-11H2;3*1,3-4H2,2H3;. The van der Waals surface area contributed by atoms with E-state index >= 15 is 0 Å². The van der Waals surface area contributed by atoms with Crippen molar-refractivity contribution in [2.24, 2.45) is 0 Å². The van der Waals surface area contributed by atoms with Crippen molar-refractivity contribution in [1.82, 2.24) is 0 Å². The van der Waals surface area contributed by atoms with Crippen LogP contribution in [-0.4, -0.2) is 29.1 Å². The molecule has 0 aliphatic rings. The Morgan fingerprint density at radius 2 is 1.48 bits per heavy atom. The fourth-order valence-corrected chi connectivity index (χ4v) is 21.7. The third kappa shape index (κ3) is 9.65. The first-order valence-corrected chi connectivity index (χ1v) is 19.2. The van der Waals surface area contributed by atoms with Crippen molar-refractivity contribution in [3.05, 3.63) is 48.6 Å². The predicted molar refractivity (Wildman–Crippen MR) is 124 cm³/mol. The molecule has 27 heavy (non-hydrogen) atoms. The summed E-state index contributed by atoms with van der Waals surface area (Å²) in [6.07, 6.45) is 13.6. The molecule has 1 aromatic carbocycles. The molecular weight excluding hydrogens is 435 g/mol. The second kappa shape index (κ2) is 15.6. The van der Waals surface area contributed by atoms with Gasteiger partial charge in [0.1, 0.15) is 0 Å². The summed E-state index contributed by atoms with van der Waals surface area (Å²) in [5.41, 5.74) is 1.47. The van der Waals surface area contributed by atoms with Crippen molar-refractivity contribution in [2.75, 3.05) is 6.61 Å². The van der Waals surface area contributed by atoms with Gasteiger partial charge >= 0.3 is 174 Å². The number of hydrogen-bond acceptors (Lipinski definition) is 1. The van der Waals surface area contributed by atoms with E-state index in [9.17, 15) is 0 Å². The van der Waals surface area contributed by atoms with Gasteiger partial charge in [-0.25, -0.2) is 0 Å². The van der Waals surface area contributed by atoms with Crippen molar-refractivity contribution in [3.63, 3.8) is 0 Å². The van der Waals surface area contributed by atoms with Gasteiger partial charge in [0.2, 0.25) is 0 Å². The molecule has 1 aromatic rings. The van der Waals surface area contributed by atoms with Gasteiger partial charge in [-0.3, -0.25) is 0 Å². The van der Waals surface area contributed by atoms with E-state index in [1.54, 1.807) is 0 Å². The molecule has 0 unspecified atom stereocenters. The van der Waals surface area contributed by atoms with Gasteiger partial charge in [0.05, 0.1) is 0 Å². The quantitative estimate of drug-likeness (QED) is 0.125. The van der Waals surface area contributed by atoms with Gasteiger partial charge in [0, 0.05) is 0 Å². The van der Waals surface area contributed by atoms with Gasteiger partial charge in [-0.15, -0.1) is 0 Å². The average Bonchev–Trinajstić information content (AvgIpc) is 2.71. The molecule has 0 fully saturated rings. The predicted octanol–water partition coefficient (Wildman–Crippen LogP) is 7.97. The molecule has 0 aliphatic carbocycles. The van der Waals surface area contributed by atoms with Crippen LogP contribution < -0.4 is 0 Å². The van der Waals surface area contributed by atoms with Crippen LogP contribution in [0.1, 0.15) is 77.7 Å². The van der Waals surface area contributed by atoms with Crippen LogP contribution in [0, 0.1) is 0 Å². The van der Waals surface area contributed by atoms with E-state index in [0.717, 1.165) is 13.0 Å². The fourth-order valence-electron chi connectivity index (χ4n) is 4.25. The summed E-state index contributed by atoms with van der Waals surface area (Å²) >= 11 is -2.37. The molecule has 0 radical (unpaired) electrons. The molecular formula is C25H44OSn. The Balaban J connectivity index is 2.99. The summed E-state index contributed by atoms with van der Waals surface area (Å²) in [5, 5.41) is 0. The summed E-state index contributed by atoms with van der Waals surface area (Å²) in [6, 6.07) is 11.0. The zero-order valence-corrected chi connectivity index (χ0v) is 21.2. The Labute approximate surface area is 173 Å². The van der Waals surface area contributed by atoms with Crippen LogP contribution in [0.25, 0.3) is 0 Å². The van der Waals surface area contributed by atoms with Crippen LogP contribution in [0.5, 0.6) is 0 Å². The fraction of sp³-hybridized carbons (Fsp3) is 0.680. The second-order valence-electron chi connectivity index (χ2n) is 8.13. The van der Waals surface area contributed by atoms with E-state index in [4.69, 9.17) is 4.74 Å². The van der Waals surface area contributed by atoms with Crippen LogP contribution in [0.15, 0.2) is 43.0 Å². The number of hydrogen-bond donors (Lipinski definition) is 0. The number of rotatable bonds is 17. The van der Waals surface area contributed by atoms with Gasteiger partial charge in [0.25, 0.3) is 0 Å². The SMILES string of the molecule is C=CCCO[C@@H](CCc1ccccc1)[Sn]([CH2]CCC)([CH2]CCC)[CH2]CCC. The van der Waals surface area contributed by atoms with E-state index in [0.29, 0.717) is 4.12 Å². The molecule has 0 bridgehead atoms.